The summed E-state index contributed by atoms with van der Waals surface area (Å²) < 4.78 is 19.1. The molecule has 0 radical (unpaired) electrons. The van der Waals surface area contributed by atoms with E-state index in [1.54, 1.807) is 21.3 Å². The summed E-state index contributed by atoms with van der Waals surface area (Å²) in [7, 11) is 6.90. The second kappa shape index (κ2) is 6.34. The number of amides is 1. The first kappa shape index (κ1) is 17.7. The van der Waals surface area contributed by atoms with E-state index in [1.165, 1.54) is 0 Å². The highest BCUT2D eigenvalue weighted by Gasteiger charge is 2.41. The molecule has 2 aliphatic heterocycles. The molecule has 1 amide bonds. The number of benzene rings is 2. The van der Waals surface area contributed by atoms with E-state index in [-0.39, 0.29) is 12.1 Å². The van der Waals surface area contributed by atoms with Crippen LogP contribution in [0.3, 0.4) is 0 Å². The molecule has 7 heteroatoms. The van der Waals surface area contributed by atoms with E-state index in [1.807, 2.05) is 42.3 Å². The molecule has 1 unspecified atom stereocenters. The summed E-state index contributed by atoms with van der Waals surface area (Å²) in [6.07, 6.45) is -0.180. The van der Waals surface area contributed by atoms with Gasteiger partial charge in [-0.25, -0.2) is 0 Å². The van der Waals surface area contributed by atoms with E-state index in [4.69, 9.17) is 14.2 Å². The monoisotopic (exact) mass is 393 g/mol. The largest absolute Gasteiger partial charge is 0.493 e. The number of hydrogen-bond donors (Lipinski definition) is 0. The predicted molar refractivity (Wildman–Crippen MR) is 110 cm³/mol. The van der Waals surface area contributed by atoms with Crippen LogP contribution in [0.15, 0.2) is 36.4 Å². The summed E-state index contributed by atoms with van der Waals surface area (Å²) in [5.41, 5.74) is 3.70. The molecule has 2 aromatic carbocycles. The number of anilines is 1. The van der Waals surface area contributed by atoms with Crippen LogP contribution in [-0.2, 0) is 6.54 Å². The maximum atomic E-state index is 13.2. The van der Waals surface area contributed by atoms with E-state index in [9.17, 15) is 4.79 Å². The van der Waals surface area contributed by atoms with Crippen molar-refractivity contribution in [3.63, 3.8) is 0 Å². The molecule has 0 spiro atoms. The zero-order valence-corrected chi connectivity index (χ0v) is 16.9. The zero-order valence-electron chi connectivity index (χ0n) is 16.9. The minimum absolute atomic E-state index is 0.0716. The lowest BCUT2D eigenvalue weighted by molar-refractivity contribution is 0.0602. The van der Waals surface area contributed by atoms with Gasteiger partial charge in [-0.05, 0) is 24.3 Å². The molecule has 0 aliphatic carbocycles. The average molecular weight is 393 g/mol. The summed E-state index contributed by atoms with van der Waals surface area (Å²) in [5.74, 6) is 1.91. The number of fused-ring (bicyclic) bond motifs is 6. The number of hydrogen-bond acceptors (Lipinski definition) is 5. The van der Waals surface area contributed by atoms with Crippen LogP contribution in [0.25, 0.3) is 10.9 Å². The molecule has 0 fully saturated rings. The summed E-state index contributed by atoms with van der Waals surface area (Å²) in [6, 6.07) is 11.9. The van der Waals surface area contributed by atoms with Crippen molar-refractivity contribution in [3.05, 3.63) is 47.7 Å². The van der Waals surface area contributed by atoms with Crippen molar-refractivity contribution >= 4 is 22.5 Å². The highest BCUT2D eigenvalue weighted by Crippen LogP contribution is 2.48. The molecule has 0 bridgehead atoms. The van der Waals surface area contributed by atoms with Gasteiger partial charge in [0.1, 0.15) is 6.17 Å². The second-order valence-corrected chi connectivity index (χ2v) is 7.30. The van der Waals surface area contributed by atoms with Gasteiger partial charge in [-0.2, -0.15) is 0 Å². The van der Waals surface area contributed by atoms with Gasteiger partial charge in [0.25, 0.3) is 5.91 Å². The van der Waals surface area contributed by atoms with E-state index < -0.39 is 0 Å². The number of ether oxygens (including phenoxy) is 3. The van der Waals surface area contributed by atoms with E-state index in [0.29, 0.717) is 30.3 Å². The van der Waals surface area contributed by atoms with Crippen LogP contribution in [0.5, 0.6) is 17.2 Å². The quantitative estimate of drug-likeness (QED) is 0.684. The van der Waals surface area contributed by atoms with Gasteiger partial charge in [-0.3, -0.25) is 4.79 Å². The van der Waals surface area contributed by atoms with Gasteiger partial charge in [0.2, 0.25) is 5.75 Å². The highest BCUT2D eigenvalue weighted by atomic mass is 16.5. The van der Waals surface area contributed by atoms with Crippen molar-refractivity contribution < 1.29 is 19.0 Å². The Morgan fingerprint density at radius 2 is 1.72 bits per heavy atom. The van der Waals surface area contributed by atoms with Crippen LogP contribution >= 0.6 is 0 Å². The number of methoxy groups -OCH3 is 3. The van der Waals surface area contributed by atoms with Gasteiger partial charge < -0.3 is 28.6 Å². The average Bonchev–Trinajstić information content (AvgIpc) is 3.13. The predicted octanol–water partition coefficient (Wildman–Crippen LogP) is 3.27. The maximum Gasteiger partial charge on any atom is 0.257 e. The molecular formula is C22H23N3O4. The summed E-state index contributed by atoms with van der Waals surface area (Å²) in [4.78, 5) is 17.3. The topological polar surface area (TPSA) is 56.2 Å². The third-order valence-electron chi connectivity index (χ3n) is 5.98. The number of nitrogens with zero attached hydrogens (tertiary/aromatic N) is 3. The van der Waals surface area contributed by atoms with E-state index in [0.717, 1.165) is 27.8 Å². The standard InChI is InChI=1S/C22H23N3O4/c1-23-15-8-6-5-7-14(15)22(26)25-10-9-24-16(21(23)25)11-13-12-17(27-2)19(28-3)20(29-4)18(13)24/h5-8,11-12,21H,9-10H2,1-4H3. The number of aromatic nitrogens is 1. The second-order valence-electron chi connectivity index (χ2n) is 7.30. The Labute approximate surface area is 169 Å². The molecule has 7 nitrogen and oxygen atoms in total. The lowest BCUT2D eigenvalue weighted by atomic mass is 10.0. The zero-order chi connectivity index (χ0) is 20.3. The van der Waals surface area contributed by atoms with E-state index >= 15 is 0 Å². The van der Waals surface area contributed by atoms with Crippen molar-refractivity contribution in [1.82, 2.24) is 9.47 Å². The first-order chi connectivity index (χ1) is 14.1. The van der Waals surface area contributed by atoms with Crippen LogP contribution in [-0.4, -0.2) is 50.3 Å². The molecule has 3 aromatic rings. The van der Waals surface area contributed by atoms with Crippen LogP contribution in [0.4, 0.5) is 5.69 Å². The van der Waals surface area contributed by atoms with Crippen molar-refractivity contribution in [2.75, 3.05) is 39.8 Å². The molecule has 0 saturated carbocycles. The Morgan fingerprint density at radius 1 is 0.966 bits per heavy atom. The molecule has 0 N–H and O–H groups in total. The normalized spacial score (nSPS) is 17.7. The number of carbonyl (C=O) groups is 1. The smallest absolute Gasteiger partial charge is 0.257 e. The van der Waals surface area contributed by atoms with Crippen molar-refractivity contribution in [1.29, 1.82) is 0 Å². The maximum absolute atomic E-state index is 13.2. The lowest BCUT2D eigenvalue weighted by Crippen LogP contribution is -2.52. The van der Waals surface area contributed by atoms with Crippen LogP contribution in [0.1, 0.15) is 22.2 Å². The van der Waals surface area contributed by atoms with Crippen molar-refractivity contribution in [2.45, 2.75) is 12.7 Å². The Balaban J connectivity index is 1.76. The highest BCUT2D eigenvalue weighted by molar-refractivity contribution is 6.02. The molecule has 2 aliphatic rings. The fourth-order valence-corrected chi connectivity index (χ4v) is 4.73. The number of carbonyl (C=O) groups excluding carboxylic acids is 1. The molecule has 0 saturated heterocycles. The van der Waals surface area contributed by atoms with Gasteiger partial charge in [0, 0.05) is 25.5 Å². The molecule has 150 valence electrons. The minimum Gasteiger partial charge on any atom is -0.493 e. The Bertz CT molecular complexity index is 1140. The molecule has 1 aromatic heterocycles. The van der Waals surface area contributed by atoms with Gasteiger partial charge >= 0.3 is 0 Å². The number of rotatable bonds is 3. The fourth-order valence-electron chi connectivity index (χ4n) is 4.73. The Hall–Kier alpha value is -3.35. The van der Waals surface area contributed by atoms with Gasteiger partial charge in [0.15, 0.2) is 11.5 Å². The lowest BCUT2D eigenvalue weighted by Gasteiger charge is -2.46. The minimum atomic E-state index is -0.180. The van der Waals surface area contributed by atoms with Gasteiger partial charge in [0.05, 0.1) is 43.8 Å². The summed E-state index contributed by atoms with van der Waals surface area (Å²) in [5, 5.41) is 0.996. The van der Waals surface area contributed by atoms with Gasteiger partial charge in [-0.15, -0.1) is 0 Å². The first-order valence-corrected chi connectivity index (χ1v) is 9.55. The van der Waals surface area contributed by atoms with Crippen molar-refractivity contribution in [3.8, 4) is 17.2 Å². The van der Waals surface area contributed by atoms with E-state index in [2.05, 4.69) is 15.5 Å². The fraction of sp³-hybridized carbons (Fsp3) is 0.318. The molecule has 5 rings (SSSR count). The van der Waals surface area contributed by atoms with Crippen LogP contribution < -0.4 is 19.1 Å². The molecular weight excluding hydrogens is 370 g/mol. The van der Waals surface area contributed by atoms with Crippen molar-refractivity contribution in [2.24, 2.45) is 0 Å². The first-order valence-electron chi connectivity index (χ1n) is 9.55. The van der Waals surface area contributed by atoms with Gasteiger partial charge in [-0.1, -0.05) is 12.1 Å². The molecule has 29 heavy (non-hydrogen) atoms. The Morgan fingerprint density at radius 3 is 2.45 bits per heavy atom. The third-order valence-corrected chi connectivity index (χ3v) is 5.98. The molecule has 3 heterocycles. The van der Waals surface area contributed by atoms with Crippen LogP contribution in [0, 0.1) is 0 Å². The Kier molecular flexibility index (Phi) is 3.87. The SMILES string of the molecule is COc1cc2cc3n(c2c(OC)c1OC)CCN1C(=O)c2ccccc2N(C)C31. The summed E-state index contributed by atoms with van der Waals surface area (Å²) >= 11 is 0. The summed E-state index contributed by atoms with van der Waals surface area (Å²) in [6.45, 7) is 1.30. The van der Waals surface area contributed by atoms with Crippen LogP contribution in [0.2, 0.25) is 0 Å². The third kappa shape index (κ3) is 2.27. The molecule has 1 atom stereocenters. The number of para-hydroxylation sites is 1.